The second kappa shape index (κ2) is 9.08. The highest BCUT2D eigenvalue weighted by Crippen LogP contribution is 2.41. The molecular weight excluding hydrogens is 431 g/mol. The summed E-state index contributed by atoms with van der Waals surface area (Å²) in [5, 5.41) is 2.70. The minimum absolute atomic E-state index is 0.00968. The first-order chi connectivity index (χ1) is 15.7. The van der Waals surface area contributed by atoms with Crippen LogP contribution in [0.15, 0.2) is 54.6 Å². The number of halogens is 3. The largest absolute Gasteiger partial charge is 0.416 e. The molecule has 2 aliphatic rings. The number of benzene rings is 2. The Bertz CT molecular complexity index is 984. The number of piperidine rings is 1. The van der Waals surface area contributed by atoms with Gasteiger partial charge in [0.05, 0.1) is 11.5 Å². The maximum Gasteiger partial charge on any atom is 0.416 e. The van der Waals surface area contributed by atoms with Crippen molar-refractivity contribution in [1.29, 1.82) is 0 Å². The van der Waals surface area contributed by atoms with Crippen molar-refractivity contribution in [3.8, 4) is 0 Å². The molecule has 0 bridgehead atoms. The summed E-state index contributed by atoms with van der Waals surface area (Å²) in [4.78, 5) is 29.3. The summed E-state index contributed by atoms with van der Waals surface area (Å²) >= 11 is 0. The standard InChI is InChI=1S/C25H28F3N3O2/c1-18(19-5-3-2-4-6-19)22(32)30-14-11-24(12-15-30)13-16-31(17-24)23(33)29-21-9-7-20(8-10-21)25(26,27)28/h2-10,18H,11-17H2,1H3,(H,29,33)/t18-/m1/s1. The fourth-order valence-corrected chi connectivity index (χ4v) is 4.82. The summed E-state index contributed by atoms with van der Waals surface area (Å²) in [5.41, 5.74) is 0.590. The van der Waals surface area contributed by atoms with Gasteiger partial charge in [-0.2, -0.15) is 13.2 Å². The molecule has 1 N–H and O–H groups in total. The zero-order chi connectivity index (χ0) is 23.6. The lowest BCUT2D eigenvalue weighted by atomic mass is 9.77. The first kappa shape index (κ1) is 23.1. The van der Waals surface area contributed by atoms with Crippen molar-refractivity contribution in [2.24, 2.45) is 5.41 Å². The number of hydrogen-bond donors (Lipinski definition) is 1. The van der Waals surface area contributed by atoms with Crippen LogP contribution in [0.2, 0.25) is 0 Å². The van der Waals surface area contributed by atoms with Gasteiger partial charge in [0.25, 0.3) is 0 Å². The van der Waals surface area contributed by atoms with Crippen molar-refractivity contribution in [2.45, 2.75) is 38.3 Å². The molecule has 1 atom stereocenters. The van der Waals surface area contributed by atoms with E-state index < -0.39 is 11.7 Å². The molecule has 2 aromatic rings. The van der Waals surface area contributed by atoms with E-state index in [1.165, 1.54) is 12.1 Å². The van der Waals surface area contributed by atoms with E-state index in [9.17, 15) is 22.8 Å². The van der Waals surface area contributed by atoms with Crippen LogP contribution in [0.25, 0.3) is 0 Å². The summed E-state index contributed by atoms with van der Waals surface area (Å²) in [7, 11) is 0. The predicted octanol–water partition coefficient (Wildman–Crippen LogP) is 5.36. The van der Waals surface area contributed by atoms with Gasteiger partial charge >= 0.3 is 12.2 Å². The van der Waals surface area contributed by atoms with Gasteiger partial charge in [-0.3, -0.25) is 4.79 Å². The fourth-order valence-electron chi connectivity index (χ4n) is 4.82. The summed E-state index contributed by atoms with van der Waals surface area (Å²) in [5.74, 6) is -0.0548. The van der Waals surface area contributed by atoms with Crippen LogP contribution < -0.4 is 5.32 Å². The molecule has 8 heteroatoms. The van der Waals surface area contributed by atoms with Gasteiger partial charge < -0.3 is 15.1 Å². The van der Waals surface area contributed by atoms with E-state index in [-0.39, 0.29) is 23.3 Å². The molecule has 0 aromatic heterocycles. The van der Waals surface area contributed by atoms with Crippen molar-refractivity contribution >= 4 is 17.6 Å². The maximum atomic E-state index is 12.9. The summed E-state index contributed by atoms with van der Waals surface area (Å²) in [6.07, 6.45) is -1.86. The van der Waals surface area contributed by atoms with Crippen LogP contribution in [0.3, 0.4) is 0 Å². The second-order valence-electron chi connectivity index (χ2n) is 9.13. The van der Waals surface area contributed by atoms with E-state index in [0.29, 0.717) is 31.9 Å². The first-order valence-corrected chi connectivity index (χ1v) is 11.2. The Morgan fingerprint density at radius 1 is 0.909 bits per heavy atom. The molecule has 2 heterocycles. The number of amides is 3. The maximum absolute atomic E-state index is 12.9. The number of anilines is 1. The zero-order valence-corrected chi connectivity index (χ0v) is 18.6. The van der Waals surface area contributed by atoms with Crippen molar-refractivity contribution in [1.82, 2.24) is 9.80 Å². The van der Waals surface area contributed by atoms with Gasteiger partial charge in [-0.1, -0.05) is 30.3 Å². The van der Waals surface area contributed by atoms with Gasteiger partial charge in [-0.25, -0.2) is 4.79 Å². The summed E-state index contributed by atoms with van der Waals surface area (Å²) in [6.45, 7) is 4.47. The molecule has 33 heavy (non-hydrogen) atoms. The third-order valence-electron chi connectivity index (χ3n) is 6.99. The lowest BCUT2D eigenvalue weighted by Gasteiger charge is -2.40. The van der Waals surface area contributed by atoms with Crippen LogP contribution in [-0.4, -0.2) is 47.9 Å². The number of nitrogens with zero attached hydrogens (tertiary/aromatic N) is 2. The third-order valence-corrected chi connectivity index (χ3v) is 6.99. The van der Waals surface area contributed by atoms with Crippen molar-refractivity contribution in [2.75, 3.05) is 31.5 Å². The Morgan fingerprint density at radius 3 is 2.06 bits per heavy atom. The van der Waals surface area contributed by atoms with Crippen LogP contribution >= 0.6 is 0 Å². The highest BCUT2D eigenvalue weighted by Gasteiger charge is 2.43. The molecule has 176 valence electrons. The molecule has 2 saturated heterocycles. The minimum Gasteiger partial charge on any atom is -0.342 e. The third kappa shape index (κ3) is 5.15. The Balaban J connectivity index is 1.30. The number of nitrogens with one attached hydrogen (secondary N) is 1. The highest BCUT2D eigenvalue weighted by atomic mass is 19.4. The van der Waals surface area contributed by atoms with E-state index in [1.54, 1.807) is 4.90 Å². The van der Waals surface area contributed by atoms with E-state index in [4.69, 9.17) is 0 Å². The SMILES string of the molecule is C[C@@H](C(=O)N1CCC2(CCN(C(=O)Nc3ccc(C(F)(F)F)cc3)C2)CC1)c1ccccc1. The zero-order valence-electron chi connectivity index (χ0n) is 18.6. The van der Waals surface area contributed by atoms with Crippen LogP contribution in [0.5, 0.6) is 0 Å². The van der Waals surface area contributed by atoms with E-state index in [1.807, 2.05) is 42.2 Å². The molecular formula is C25H28F3N3O2. The highest BCUT2D eigenvalue weighted by molar-refractivity contribution is 5.89. The molecule has 0 unspecified atom stereocenters. The Morgan fingerprint density at radius 2 is 1.48 bits per heavy atom. The minimum atomic E-state index is -4.40. The molecule has 4 rings (SSSR count). The number of rotatable bonds is 3. The normalized spacial score (nSPS) is 18.9. The van der Waals surface area contributed by atoms with Crippen LogP contribution in [0, 0.1) is 5.41 Å². The van der Waals surface area contributed by atoms with Gasteiger partial charge in [-0.05, 0) is 61.4 Å². The number of hydrogen-bond acceptors (Lipinski definition) is 2. The average molecular weight is 460 g/mol. The molecule has 5 nitrogen and oxygen atoms in total. The molecule has 0 radical (unpaired) electrons. The van der Waals surface area contributed by atoms with Crippen molar-refractivity contribution in [3.63, 3.8) is 0 Å². The first-order valence-electron chi connectivity index (χ1n) is 11.2. The molecule has 3 amide bonds. The van der Waals surface area contributed by atoms with Gasteiger partial charge in [0.15, 0.2) is 0 Å². The van der Waals surface area contributed by atoms with Gasteiger partial charge in [0, 0.05) is 31.9 Å². The monoisotopic (exact) mass is 459 g/mol. The molecule has 2 fully saturated rings. The van der Waals surface area contributed by atoms with E-state index >= 15 is 0 Å². The van der Waals surface area contributed by atoms with Gasteiger partial charge in [0.2, 0.25) is 5.91 Å². The van der Waals surface area contributed by atoms with Crippen molar-refractivity contribution < 1.29 is 22.8 Å². The number of likely N-dealkylation sites (tertiary alicyclic amines) is 2. The van der Waals surface area contributed by atoms with Gasteiger partial charge in [0.1, 0.15) is 0 Å². The number of alkyl halides is 3. The summed E-state index contributed by atoms with van der Waals surface area (Å²) < 4.78 is 38.2. The lowest BCUT2D eigenvalue weighted by molar-refractivity contribution is -0.137. The average Bonchev–Trinajstić information content (AvgIpc) is 3.22. The predicted molar refractivity (Wildman–Crippen MR) is 120 cm³/mol. The van der Waals surface area contributed by atoms with Crippen LogP contribution in [-0.2, 0) is 11.0 Å². The number of carbonyl (C=O) groups is 2. The quantitative estimate of drug-likeness (QED) is 0.672. The van der Waals surface area contributed by atoms with Crippen molar-refractivity contribution in [3.05, 3.63) is 65.7 Å². The van der Waals surface area contributed by atoms with E-state index in [0.717, 1.165) is 37.0 Å². The fraction of sp³-hybridized carbons (Fsp3) is 0.440. The molecule has 1 spiro atoms. The Labute approximate surface area is 191 Å². The molecule has 0 saturated carbocycles. The smallest absolute Gasteiger partial charge is 0.342 e. The lowest BCUT2D eigenvalue weighted by Crippen LogP contribution is -2.46. The number of carbonyl (C=O) groups excluding carboxylic acids is 2. The van der Waals surface area contributed by atoms with Crippen LogP contribution in [0.1, 0.15) is 43.2 Å². The number of urea groups is 1. The van der Waals surface area contributed by atoms with E-state index in [2.05, 4.69) is 5.32 Å². The molecule has 0 aliphatic carbocycles. The van der Waals surface area contributed by atoms with Crippen LogP contribution in [0.4, 0.5) is 23.7 Å². The summed E-state index contributed by atoms with van der Waals surface area (Å²) in [6, 6.07) is 13.9. The Kier molecular flexibility index (Phi) is 6.36. The molecule has 2 aromatic carbocycles. The van der Waals surface area contributed by atoms with Gasteiger partial charge in [-0.15, -0.1) is 0 Å². The second-order valence-corrected chi connectivity index (χ2v) is 9.13. The molecule has 2 aliphatic heterocycles. The topological polar surface area (TPSA) is 52.7 Å². The Hall–Kier alpha value is -3.03.